The van der Waals surface area contributed by atoms with E-state index in [-0.39, 0.29) is 18.1 Å². The van der Waals surface area contributed by atoms with E-state index in [0.29, 0.717) is 5.56 Å². The van der Waals surface area contributed by atoms with E-state index in [4.69, 9.17) is 0 Å². The second kappa shape index (κ2) is 5.29. The van der Waals surface area contributed by atoms with Gasteiger partial charge in [-0.1, -0.05) is 18.2 Å². The van der Waals surface area contributed by atoms with Crippen LogP contribution in [-0.2, 0) is 20.7 Å². The number of methoxy groups -OCH3 is 1. The molecule has 1 saturated carbocycles. The summed E-state index contributed by atoms with van der Waals surface area (Å²) >= 11 is 0. The van der Waals surface area contributed by atoms with Crippen molar-refractivity contribution in [1.82, 2.24) is 0 Å². The molecule has 0 aromatic heterocycles. The molecule has 0 N–H and O–H groups in total. The van der Waals surface area contributed by atoms with Gasteiger partial charge < -0.3 is 4.74 Å². The van der Waals surface area contributed by atoms with Gasteiger partial charge in [-0.15, -0.1) is 0 Å². The van der Waals surface area contributed by atoms with Gasteiger partial charge in [0.1, 0.15) is 11.7 Å². The van der Waals surface area contributed by atoms with Crippen molar-refractivity contribution in [3.8, 4) is 0 Å². The summed E-state index contributed by atoms with van der Waals surface area (Å²) in [6, 6.07) is 6.18. The SMILES string of the molecule is COC(=O)C(Cc1ccccc1F)C(=O)C1CC1. The molecule has 1 atom stereocenters. The van der Waals surface area contributed by atoms with Crippen LogP contribution in [0.15, 0.2) is 24.3 Å². The molecule has 0 heterocycles. The number of halogens is 1. The van der Waals surface area contributed by atoms with Crippen LogP contribution in [0.2, 0.25) is 0 Å². The van der Waals surface area contributed by atoms with Crippen molar-refractivity contribution in [2.24, 2.45) is 11.8 Å². The number of ether oxygens (including phenoxy) is 1. The molecule has 1 aliphatic rings. The Morgan fingerprint density at radius 1 is 1.39 bits per heavy atom. The van der Waals surface area contributed by atoms with E-state index < -0.39 is 17.7 Å². The second-order valence-electron chi connectivity index (χ2n) is 4.55. The van der Waals surface area contributed by atoms with Gasteiger partial charge in [-0.3, -0.25) is 9.59 Å². The van der Waals surface area contributed by atoms with Gasteiger partial charge in [-0.25, -0.2) is 4.39 Å². The smallest absolute Gasteiger partial charge is 0.316 e. The fourth-order valence-electron chi connectivity index (χ4n) is 1.98. The topological polar surface area (TPSA) is 43.4 Å². The minimum atomic E-state index is -0.876. The van der Waals surface area contributed by atoms with Crippen LogP contribution in [0.5, 0.6) is 0 Å². The fourth-order valence-corrected chi connectivity index (χ4v) is 1.98. The molecule has 0 amide bonds. The highest BCUT2D eigenvalue weighted by molar-refractivity contribution is 6.01. The van der Waals surface area contributed by atoms with Gasteiger partial charge in [0.05, 0.1) is 7.11 Å². The summed E-state index contributed by atoms with van der Waals surface area (Å²) in [7, 11) is 1.25. The number of rotatable bonds is 5. The van der Waals surface area contributed by atoms with Gasteiger partial charge in [0.25, 0.3) is 0 Å². The van der Waals surface area contributed by atoms with Crippen LogP contribution in [0.4, 0.5) is 4.39 Å². The minimum Gasteiger partial charge on any atom is -0.468 e. The highest BCUT2D eigenvalue weighted by Gasteiger charge is 2.39. The number of carbonyl (C=O) groups excluding carboxylic acids is 2. The van der Waals surface area contributed by atoms with Crippen molar-refractivity contribution in [3.63, 3.8) is 0 Å². The number of hydrogen-bond donors (Lipinski definition) is 0. The number of benzene rings is 1. The van der Waals surface area contributed by atoms with E-state index >= 15 is 0 Å². The van der Waals surface area contributed by atoms with Crippen LogP contribution < -0.4 is 0 Å². The van der Waals surface area contributed by atoms with Gasteiger partial charge in [0, 0.05) is 5.92 Å². The Morgan fingerprint density at radius 2 is 2.06 bits per heavy atom. The lowest BCUT2D eigenvalue weighted by molar-refractivity contribution is -0.149. The summed E-state index contributed by atoms with van der Waals surface area (Å²) in [6.45, 7) is 0. The number of esters is 1. The third kappa shape index (κ3) is 2.75. The first-order valence-electron chi connectivity index (χ1n) is 5.98. The summed E-state index contributed by atoms with van der Waals surface area (Å²) in [4.78, 5) is 23.6. The molecule has 1 unspecified atom stereocenters. The van der Waals surface area contributed by atoms with Crippen molar-refractivity contribution in [1.29, 1.82) is 0 Å². The Hall–Kier alpha value is -1.71. The summed E-state index contributed by atoms with van der Waals surface area (Å²) in [6.07, 6.45) is 1.72. The van der Waals surface area contributed by atoms with Gasteiger partial charge in [-0.05, 0) is 30.9 Å². The zero-order valence-electron chi connectivity index (χ0n) is 10.2. The van der Waals surface area contributed by atoms with Crippen LogP contribution in [0, 0.1) is 17.7 Å². The number of hydrogen-bond acceptors (Lipinski definition) is 3. The quantitative estimate of drug-likeness (QED) is 0.594. The molecule has 2 rings (SSSR count). The summed E-state index contributed by atoms with van der Waals surface area (Å²) in [5, 5.41) is 0. The largest absolute Gasteiger partial charge is 0.468 e. The maximum absolute atomic E-state index is 13.5. The fraction of sp³-hybridized carbons (Fsp3) is 0.429. The zero-order valence-corrected chi connectivity index (χ0v) is 10.2. The second-order valence-corrected chi connectivity index (χ2v) is 4.55. The van der Waals surface area contributed by atoms with Gasteiger partial charge in [0.2, 0.25) is 0 Å². The lowest BCUT2D eigenvalue weighted by Gasteiger charge is -2.13. The van der Waals surface area contributed by atoms with Crippen LogP contribution in [0.3, 0.4) is 0 Å². The molecule has 0 aliphatic heterocycles. The zero-order chi connectivity index (χ0) is 13.1. The molecule has 1 aromatic carbocycles. The molecule has 0 spiro atoms. The Kier molecular flexibility index (Phi) is 3.75. The summed E-state index contributed by atoms with van der Waals surface area (Å²) < 4.78 is 18.2. The molecular weight excluding hydrogens is 235 g/mol. The van der Waals surface area contributed by atoms with Crippen molar-refractivity contribution < 1.29 is 18.7 Å². The third-order valence-electron chi connectivity index (χ3n) is 3.19. The molecule has 4 heteroatoms. The first-order valence-corrected chi connectivity index (χ1v) is 5.98. The highest BCUT2D eigenvalue weighted by Crippen LogP contribution is 2.33. The van der Waals surface area contributed by atoms with Crippen LogP contribution >= 0.6 is 0 Å². The Bertz CT molecular complexity index is 466. The predicted molar refractivity (Wildman–Crippen MR) is 63.3 cm³/mol. The van der Waals surface area contributed by atoms with E-state index in [2.05, 4.69) is 4.74 Å². The molecule has 0 bridgehead atoms. The average molecular weight is 250 g/mol. The van der Waals surface area contributed by atoms with Gasteiger partial charge in [-0.2, -0.15) is 0 Å². The molecular formula is C14H15FO3. The van der Waals surface area contributed by atoms with Crippen LogP contribution in [-0.4, -0.2) is 18.9 Å². The third-order valence-corrected chi connectivity index (χ3v) is 3.19. The van der Waals surface area contributed by atoms with E-state index in [9.17, 15) is 14.0 Å². The lowest BCUT2D eigenvalue weighted by Crippen LogP contribution is -2.29. The summed E-state index contributed by atoms with van der Waals surface area (Å²) in [5.41, 5.74) is 0.377. The Morgan fingerprint density at radius 3 is 2.61 bits per heavy atom. The molecule has 96 valence electrons. The Balaban J connectivity index is 2.17. The molecule has 1 aromatic rings. The normalized spacial score (nSPS) is 16.1. The van der Waals surface area contributed by atoms with E-state index in [0.717, 1.165) is 12.8 Å². The van der Waals surface area contributed by atoms with Crippen molar-refractivity contribution in [2.45, 2.75) is 19.3 Å². The number of ketones is 1. The number of Topliss-reactive ketones (excluding diaryl/α,β-unsaturated/α-hetero) is 1. The highest BCUT2D eigenvalue weighted by atomic mass is 19.1. The first-order chi connectivity index (χ1) is 8.63. The maximum atomic E-state index is 13.5. The van der Waals surface area contributed by atoms with Crippen LogP contribution in [0.1, 0.15) is 18.4 Å². The van der Waals surface area contributed by atoms with Crippen molar-refractivity contribution in [2.75, 3.05) is 7.11 Å². The van der Waals surface area contributed by atoms with E-state index in [1.165, 1.54) is 13.2 Å². The first kappa shape index (κ1) is 12.7. The molecule has 1 aliphatic carbocycles. The maximum Gasteiger partial charge on any atom is 0.316 e. The Labute approximate surface area is 105 Å². The molecule has 0 saturated heterocycles. The summed E-state index contributed by atoms with van der Waals surface area (Å²) in [5.74, 6) is -2.00. The molecule has 3 nitrogen and oxygen atoms in total. The molecule has 0 radical (unpaired) electrons. The molecule has 18 heavy (non-hydrogen) atoms. The van der Waals surface area contributed by atoms with E-state index in [1.54, 1.807) is 18.2 Å². The standard InChI is InChI=1S/C14H15FO3/c1-18-14(17)11(13(16)9-6-7-9)8-10-4-2-3-5-12(10)15/h2-5,9,11H,6-8H2,1H3. The lowest BCUT2D eigenvalue weighted by atomic mass is 9.92. The van der Waals surface area contributed by atoms with Gasteiger partial charge in [0.15, 0.2) is 5.78 Å². The molecule has 1 fully saturated rings. The predicted octanol–water partition coefficient (Wildman–Crippen LogP) is 2.14. The number of carbonyl (C=O) groups is 2. The minimum absolute atomic E-state index is 0.0409. The van der Waals surface area contributed by atoms with Gasteiger partial charge >= 0.3 is 5.97 Å². The van der Waals surface area contributed by atoms with Crippen molar-refractivity contribution in [3.05, 3.63) is 35.6 Å². The van der Waals surface area contributed by atoms with Crippen molar-refractivity contribution >= 4 is 11.8 Å². The van der Waals surface area contributed by atoms with Crippen LogP contribution in [0.25, 0.3) is 0 Å². The van der Waals surface area contributed by atoms with E-state index in [1.807, 2.05) is 0 Å². The average Bonchev–Trinajstić information content (AvgIpc) is 3.20. The monoisotopic (exact) mass is 250 g/mol.